The van der Waals surface area contributed by atoms with Gasteiger partial charge in [0.2, 0.25) is 0 Å². The van der Waals surface area contributed by atoms with Crippen molar-refractivity contribution in [2.75, 3.05) is 0 Å². The molecule has 0 aliphatic heterocycles. The highest BCUT2D eigenvalue weighted by molar-refractivity contribution is 5.69. The Kier molecular flexibility index (Phi) is 5.82. The highest BCUT2D eigenvalue weighted by Crippen LogP contribution is 2.35. The van der Waals surface area contributed by atoms with Crippen molar-refractivity contribution in [2.24, 2.45) is 5.92 Å². The van der Waals surface area contributed by atoms with Crippen molar-refractivity contribution in [2.45, 2.75) is 65.2 Å². The van der Waals surface area contributed by atoms with Crippen molar-refractivity contribution in [1.29, 1.82) is 0 Å². The van der Waals surface area contributed by atoms with E-state index in [1.165, 1.54) is 0 Å². The number of hydrogen-bond donors (Lipinski definition) is 2. The lowest BCUT2D eigenvalue weighted by atomic mass is 9.77. The number of phenols is 1. The maximum Gasteiger partial charge on any atom is 0.306 e. The maximum absolute atomic E-state index is 10.9. The van der Waals surface area contributed by atoms with Gasteiger partial charge in [-0.25, -0.2) is 0 Å². The van der Waals surface area contributed by atoms with E-state index >= 15 is 0 Å². The van der Waals surface area contributed by atoms with Crippen LogP contribution in [0.25, 0.3) is 0 Å². The van der Waals surface area contributed by atoms with Crippen LogP contribution in [0.1, 0.15) is 70.9 Å². The molecule has 0 spiro atoms. The van der Waals surface area contributed by atoms with E-state index in [9.17, 15) is 9.90 Å². The Morgan fingerprint density at radius 3 is 2.43 bits per heavy atom. The minimum Gasteiger partial charge on any atom is -0.508 e. The summed E-state index contributed by atoms with van der Waals surface area (Å²) in [5, 5.41) is 19.0. The SMILES string of the molecule is CCC(C)c1cc(C(C)(C)CCC(C)C(=O)O)ccc1O. The smallest absolute Gasteiger partial charge is 0.306 e. The second kappa shape index (κ2) is 6.97. The van der Waals surface area contributed by atoms with Gasteiger partial charge >= 0.3 is 5.97 Å². The second-order valence-corrected chi connectivity index (χ2v) is 6.74. The highest BCUT2D eigenvalue weighted by Gasteiger charge is 2.24. The summed E-state index contributed by atoms with van der Waals surface area (Å²) in [4.78, 5) is 10.9. The monoisotopic (exact) mass is 292 g/mol. The second-order valence-electron chi connectivity index (χ2n) is 6.74. The van der Waals surface area contributed by atoms with E-state index in [0.717, 1.165) is 24.0 Å². The van der Waals surface area contributed by atoms with Crippen molar-refractivity contribution in [3.05, 3.63) is 29.3 Å². The number of aliphatic carboxylic acids is 1. The largest absolute Gasteiger partial charge is 0.508 e. The number of phenolic OH excluding ortho intramolecular Hbond substituents is 1. The number of hydrogen-bond acceptors (Lipinski definition) is 2. The molecule has 2 atom stereocenters. The van der Waals surface area contributed by atoms with Crippen LogP contribution in [0.5, 0.6) is 5.75 Å². The molecule has 3 heteroatoms. The molecule has 0 aliphatic carbocycles. The van der Waals surface area contributed by atoms with Gasteiger partial charge in [-0.2, -0.15) is 0 Å². The molecule has 0 aliphatic rings. The molecule has 0 heterocycles. The van der Waals surface area contributed by atoms with Crippen molar-refractivity contribution < 1.29 is 15.0 Å². The average Bonchev–Trinajstić information content (AvgIpc) is 2.44. The van der Waals surface area contributed by atoms with Gasteiger partial charge in [0.05, 0.1) is 5.92 Å². The average molecular weight is 292 g/mol. The summed E-state index contributed by atoms with van der Waals surface area (Å²) < 4.78 is 0. The molecule has 0 amide bonds. The number of benzene rings is 1. The van der Waals surface area contributed by atoms with Gasteiger partial charge in [-0.1, -0.05) is 46.8 Å². The molecule has 0 saturated carbocycles. The van der Waals surface area contributed by atoms with E-state index < -0.39 is 5.97 Å². The molecule has 3 nitrogen and oxygen atoms in total. The van der Waals surface area contributed by atoms with Crippen LogP contribution in [-0.4, -0.2) is 16.2 Å². The van der Waals surface area contributed by atoms with Gasteiger partial charge in [0, 0.05) is 0 Å². The first-order valence-electron chi connectivity index (χ1n) is 7.75. The van der Waals surface area contributed by atoms with Crippen LogP contribution in [0.2, 0.25) is 0 Å². The Bertz CT molecular complexity index is 491. The molecule has 0 radical (unpaired) electrons. The first-order valence-corrected chi connectivity index (χ1v) is 7.75. The van der Waals surface area contributed by atoms with Gasteiger partial charge in [0.25, 0.3) is 0 Å². The van der Waals surface area contributed by atoms with Gasteiger partial charge in [0.1, 0.15) is 5.75 Å². The predicted octanol–water partition coefficient (Wildman–Crippen LogP) is 4.68. The van der Waals surface area contributed by atoms with E-state index in [1.54, 1.807) is 13.0 Å². The number of carbonyl (C=O) groups is 1. The van der Waals surface area contributed by atoms with Gasteiger partial charge in [0.15, 0.2) is 0 Å². The molecule has 118 valence electrons. The third-order valence-corrected chi connectivity index (χ3v) is 4.58. The van der Waals surface area contributed by atoms with Crippen LogP contribution in [0.4, 0.5) is 0 Å². The Morgan fingerprint density at radius 1 is 1.29 bits per heavy atom. The topological polar surface area (TPSA) is 57.5 Å². The van der Waals surface area contributed by atoms with E-state index in [2.05, 4.69) is 33.8 Å². The summed E-state index contributed by atoms with van der Waals surface area (Å²) in [5.41, 5.74) is 2.04. The van der Waals surface area contributed by atoms with E-state index in [1.807, 2.05) is 6.07 Å². The van der Waals surface area contributed by atoms with Crippen molar-refractivity contribution in [3.63, 3.8) is 0 Å². The molecular formula is C18H28O3. The van der Waals surface area contributed by atoms with E-state index in [-0.39, 0.29) is 11.3 Å². The first-order chi connectivity index (χ1) is 9.69. The highest BCUT2D eigenvalue weighted by atomic mass is 16.4. The van der Waals surface area contributed by atoms with Crippen LogP contribution in [-0.2, 0) is 10.2 Å². The third-order valence-electron chi connectivity index (χ3n) is 4.58. The molecular weight excluding hydrogens is 264 g/mol. The first kappa shape index (κ1) is 17.5. The Balaban J connectivity index is 2.95. The number of carboxylic acid groups (broad SMARTS) is 1. The maximum atomic E-state index is 10.9. The van der Waals surface area contributed by atoms with Gasteiger partial charge in [-0.15, -0.1) is 0 Å². The Labute approximate surface area is 128 Å². The summed E-state index contributed by atoms with van der Waals surface area (Å²) in [7, 11) is 0. The normalized spacial score (nSPS) is 14.7. The van der Waals surface area contributed by atoms with Crippen molar-refractivity contribution in [1.82, 2.24) is 0 Å². The fourth-order valence-electron chi connectivity index (χ4n) is 2.44. The number of rotatable bonds is 7. The van der Waals surface area contributed by atoms with Gasteiger partial charge < -0.3 is 10.2 Å². The van der Waals surface area contributed by atoms with Gasteiger partial charge in [-0.3, -0.25) is 4.79 Å². The molecule has 1 aromatic carbocycles. The van der Waals surface area contributed by atoms with Crippen LogP contribution in [0, 0.1) is 5.92 Å². The zero-order chi connectivity index (χ0) is 16.2. The van der Waals surface area contributed by atoms with Gasteiger partial charge in [-0.05, 0) is 47.8 Å². The van der Waals surface area contributed by atoms with Crippen LogP contribution < -0.4 is 0 Å². The van der Waals surface area contributed by atoms with Crippen LogP contribution in [0.3, 0.4) is 0 Å². The summed E-state index contributed by atoms with van der Waals surface area (Å²) in [5.74, 6) is -0.395. The lowest BCUT2D eigenvalue weighted by molar-refractivity contribution is -0.141. The zero-order valence-corrected chi connectivity index (χ0v) is 13.8. The van der Waals surface area contributed by atoms with E-state index in [4.69, 9.17) is 5.11 Å². The predicted molar refractivity (Wildman–Crippen MR) is 85.9 cm³/mol. The molecule has 0 saturated heterocycles. The lowest BCUT2D eigenvalue weighted by Crippen LogP contribution is -2.20. The minimum absolute atomic E-state index is 0.0976. The molecule has 0 aromatic heterocycles. The standard InChI is InChI=1S/C18H28O3/c1-6-12(2)15-11-14(7-8-16(15)19)18(4,5)10-9-13(3)17(20)21/h7-8,11-13,19H,6,9-10H2,1-5H3,(H,20,21). The van der Waals surface area contributed by atoms with E-state index in [0.29, 0.717) is 18.1 Å². The molecule has 1 aromatic rings. The lowest BCUT2D eigenvalue weighted by Gasteiger charge is -2.27. The summed E-state index contributed by atoms with van der Waals surface area (Å²) in [6.07, 6.45) is 2.44. The summed E-state index contributed by atoms with van der Waals surface area (Å²) >= 11 is 0. The third kappa shape index (κ3) is 4.48. The molecule has 0 fully saturated rings. The van der Waals surface area contributed by atoms with Crippen molar-refractivity contribution in [3.8, 4) is 5.75 Å². The van der Waals surface area contributed by atoms with Crippen LogP contribution in [0.15, 0.2) is 18.2 Å². The van der Waals surface area contributed by atoms with Crippen molar-refractivity contribution >= 4 is 5.97 Å². The summed E-state index contributed by atoms with van der Waals surface area (Å²) in [6, 6.07) is 5.79. The molecule has 2 unspecified atom stereocenters. The summed E-state index contributed by atoms with van der Waals surface area (Å²) in [6.45, 7) is 10.2. The molecule has 0 bridgehead atoms. The number of aromatic hydroxyl groups is 1. The Hall–Kier alpha value is -1.51. The molecule has 21 heavy (non-hydrogen) atoms. The quantitative estimate of drug-likeness (QED) is 0.767. The fourth-order valence-corrected chi connectivity index (χ4v) is 2.44. The molecule has 2 N–H and O–H groups in total. The number of carboxylic acids is 1. The Morgan fingerprint density at radius 2 is 1.90 bits per heavy atom. The molecule has 1 rings (SSSR count). The minimum atomic E-state index is -0.739. The fraction of sp³-hybridized carbons (Fsp3) is 0.611. The van der Waals surface area contributed by atoms with Crippen LogP contribution >= 0.6 is 0 Å². The zero-order valence-electron chi connectivity index (χ0n) is 13.8.